The normalized spacial score (nSPS) is 10.3. The minimum atomic E-state index is 0.0578. The van der Waals surface area contributed by atoms with Crippen LogP contribution in [0.3, 0.4) is 0 Å². The van der Waals surface area contributed by atoms with Gasteiger partial charge in [0.25, 0.3) is 0 Å². The molecule has 17 heavy (non-hydrogen) atoms. The molecule has 0 heterocycles. The minimum Gasteiger partial charge on any atom is -0.496 e. The summed E-state index contributed by atoms with van der Waals surface area (Å²) in [6.45, 7) is 4.91. The van der Waals surface area contributed by atoms with Gasteiger partial charge in [-0.25, -0.2) is 0 Å². The van der Waals surface area contributed by atoms with Gasteiger partial charge in [0.2, 0.25) is 0 Å². The van der Waals surface area contributed by atoms with Crippen molar-refractivity contribution in [2.75, 3.05) is 13.7 Å². The fraction of sp³-hybridized carbons (Fsp3) is 0.500. The van der Waals surface area contributed by atoms with Crippen LogP contribution >= 0.6 is 0 Å². The van der Waals surface area contributed by atoms with E-state index in [1.807, 2.05) is 12.1 Å². The van der Waals surface area contributed by atoms with E-state index < -0.39 is 0 Å². The summed E-state index contributed by atoms with van der Waals surface area (Å²) >= 11 is 0. The molecule has 0 aliphatic rings. The van der Waals surface area contributed by atoms with E-state index in [2.05, 4.69) is 6.92 Å². The average molecular weight is 236 g/mol. The highest BCUT2D eigenvalue weighted by molar-refractivity contribution is 5.94. The first kappa shape index (κ1) is 13.7. The first-order chi connectivity index (χ1) is 8.19. The Morgan fingerprint density at radius 1 is 1.35 bits per heavy atom. The van der Waals surface area contributed by atoms with Crippen molar-refractivity contribution < 1.29 is 14.3 Å². The van der Waals surface area contributed by atoms with Crippen LogP contribution in [0, 0.1) is 0 Å². The standard InChI is InChI=1S/C14H20O3/c1-4-5-8-17-10-13-9-12(11(2)15)6-7-14(13)16-3/h6-7,9H,4-5,8,10H2,1-3H3. The molecule has 1 aromatic carbocycles. The van der Waals surface area contributed by atoms with Gasteiger partial charge in [-0.05, 0) is 31.5 Å². The van der Waals surface area contributed by atoms with E-state index in [0.717, 1.165) is 30.8 Å². The molecule has 0 atom stereocenters. The zero-order valence-electron chi connectivity index (χ0n) is 10.8. The molecule has 0 saturated heterocycles. The fourth-order valence-corrected chi connectivity index (χ4v) is 1.54. The number of carbonyl (C=O) groups excluding carboxylic acids is 1. The maximum absolute atomic E-state index is 11.3. The Morgan fingerprint density at radius 3 is 2.71 bits per heavy atom. The van der Waals surface area contributed by atoms with Gasteiger partial charge in [-0.15, -0.1) is 0 Å². The molecule has 1 rings (SSSR count). The van der Waals surface area contributed by atoms with E-state index in [9.17, 15) is 4.79 Å². The third-order valence-corrected chi connectivity index (χ3v) is 2.59. The fourth-order valence-electron chi connectivity index (χ4n) is 1.54. The summed E-state index contributed by atoms with van der Waals surface area (Å²) in [5, 5.41) is 0. The number of hydrogen-bond donors (Lipinski definition) is 0. The van der Waals surface area contributed by atoms with Gasteiger partial charge >= 0.3 is 0 Å². The van der Waals surface area contributed by atoms with Crippen molar-refractivity contribution in [2.24, 2.45) is 0 Å². The molecule has 0 saturated carbocycles. The van der Waals surface area contributed by atoms with Crippen LogP contribution in [0.2, 0.25) is 0 Å². The Hall–Kier alpha value is -1.35. The summed E-state index contributed by atoms with van der Waals surface area (Å²) in [5.41, 5.74) is 1.62. The molecule has 0 fully saturated rings. The predicted molar refractivity (Wildman–Crippen MR) is 67.6 cm³/mol. The summed E-state index contributed by atoms with van der Waals surface area (Å²) in [4.78, 5) is 11.3. The molecule has 0 amide bonds. The lowest BCUT2D eigenvalue weighted by molar-refractivity contribution is 0.101. The summed E-state index contributed by atoms with van der Waals surface area (Å²) < 4.78 is 10.8. The lowest BCUT2D eigenvalue weighted by atomic mass is 10.1. The van der Waals surface area contributed by atoms with Gasteiger partial charge in [-0.1, -0.05) is 13.3 Å². The molecule has 3 heteroatoms. The number of hydrogen-bond acceptors (Lipinski definition) is 3. The molecule has 3 nitrogen and oxygen atoms in total. The average Bonchev–Trinajstić information content (AvgIpc) is 2.34. The molecule has 0 N–H and O–H groups in total. The highest BCUT2D eigenvalue weighted by atomic mass is 16.5. The second-order valence-electron chi connectivity index (χ2n) is 3.99. The van der Waals surface area contributed by atoms with Crippen molar-refractivity contribution in [3.8, 4) is 5.75 Å². The van der Waals surface area contributed by atoms with Gasteiger partial charge in [0.15, 0.2) is 5.78 Å². The minimum absolute atomic E-state index is 0.0578. The maximum atomic E-state index is 11.3. The van der Waals surface area contributed by atoms with Crippen LogP contribution in [0.4, 0.5) is 0 Å². The molecule has 0 bridgehead atoms. The number of methoxy groups -OCH3 is 1. The second-order valence-corrected chi connectivity index (χ2v) is 3.99. The second kappa shape index (κ2) is 7.07. The molecule has 0 aliphatic carbocycles. The molecule has 0 unspecified atom stereocenters. The highest BCUT2D eigenvalue weighted by Gasteiger charge is 2.07. The zero-order valence-corrected chi connectivity index (χ0v) is 10.8. The maximum Gasteiger partial charge on any atom is 0.159 e. The largest absolute Gasteiger partial charge is 0.496 e. The highest BCUT2D eigenvalue weighted by Crippen LogP contribution is 2.21. The lowest BCUT2D eigenvalue weighted by Crippen LogP contribution is -2.01. The molecular formula is C14H20O3. The van der Waals surface area contributed by atoms with Crippen molar-refractivity contribution in [1.29, 1.82) is 0 Å². The Morgan fingerprint density at radius 2 is 2.12 bits per heavy atom. The molecule has 1 aromatic rings. The van der Waals surface area contributed by atoms with Crippen LogP contribution in [-0.4, -0.2) is 19.5 Å². The van der Waals surface area contributed by atoms with Crippen LogP contribution in [-0.2, 0) is 11.3 Å². The van der Waals surface area contributed by atoms with Crippen molar-refractivity contribution in [3.63, 3.8) is 0 Å². The third kappa shape index (κ3) is 4.19. The number of Topliss-reactive ketones (excluding diaryl/α,β-unsaturated/α-hetero) is 1. The summed E-state index contributed by atoms with van der Waals surface area (Å²) in [7, 11) is 1.62. The smallest absolute Gasteiger partial charge is 0.159 e. The molecule has 0 aliphatic heterocycles. The van der Waals surface area contributed by atoms with Crippen molar-refractivity contribution in [3.05, 3.63) is 29.3 Å². The van der Waals surface area contributed by atoms with E-state index in [1.165, 1.54) is 0 Å². The van der Waals surface area contributed by atoms with Gasteiger partial charge in [0.1, 0.15) is 5.75 Å². The molecule has 94 valence electrons. The van der Waals surface area contributed by atoms with Gasteiger partial charge < -0.3 is 9.47 Å². The molecule has 0 aromatic heterocycles. The van der Waals surface area contributed by atoms with Crippen LogP contribution in [0.15, 0.2) is 18.2 Å². The Kier molecular flexibility index (Phi) is 5.70. The quantitative estimate of drug-likeness (QED) is 0.538. The number of ether oxygens (including phenoxy) is 2. The van der Waals surface area contributed by atoms with Crippen LogP contribution < -0.4 is 4.74 Å². The SMILES string of the molecule is CCCCOCc1cc(C(C)=O)ccc1OC. The predicted octanol–water partition coefficient (Wildman–Crippen LogP) is 3.21. The van der Waals surface area contributed by atoms with Crippen LogP contribution in [0.1, 0.15) is 42.6 Å². The number of carbonyl (C=O) groups is 1. The summed E-state index contributed by atoms with van der Waals surface area (Å²) in [5.74, 6) is 0.828. The Balaban J connectivity index is 2.72. The number of rotatable bonds is 7. The van der Waals surface area contributed by atoms with Crippen molar-refractivity contribution >= 4 is 5.78 Å². The number of ketones is 1. The molecule has 0 radical (unpaired) electrons. The van der Waals surface area contributed by atoms with Crippen LogP contribution in [0.25, 0.3) is 0 Å². The van der Waals surface area contributed by atoms with Crippen LogP contribution in [0.5, 0.6) is 5.75 Å². The molecule has 0 spiro atoms. The van der Waals surface area contributed by atoms with E-state index in [4.69, 9.17) is 9.47 Å². The van der Waals surface area contributed by atoms with Gasteiger partial charge in [-0.2, -0.15) is 0 Å². The van der Waals surface area contributed by atoms with E-state index in [-0.39, 0.29) is 5.78 Å². The Labute approximate surface area is 103 Å². The molecular weight excluding hydrogens is 216 g/mol. The van der Waals surface area contributed by atoms with E-state index in [0.29, 0.717) is 12.2 Å². The zero-order chi connectivity index (χ0) is 12.7. The topological polar surface area (TPSA) is 35.5 Å². The van der Waals surface area contributed by atoms with E-state index >= 15 is 0 Å². The van der Waals surface area contributed by atoms with Crippen molar-refractivity contribution in [1.82, 2.24) is 0 Å². The lowest BCUT2D eigenvalue weighted by Gasteiger charge is -2.10. The van der Waals surface area contributed by atoms with Crippen molar-refractivity contribution in [2.45, 2.75) is 33.3 Å². The Bertz CT molecular complexity index is 372. The number of benzene rings is 1. The van der Waals surface area contributed by atoms with Gasteiger partial charge in [0.05, 0.1) is 13.7 Å². The van der Waals surface area contributed by atoms with Gasteiger partial charge in [-0.3, -0.25) is 4.79 Å². The summed E-state index contributed by atoms with van der Waals surface area (Å²) in [6, 6.07) is 5.43. The summed E-state index contributed by atoms with van der Waals surface area (Å²) in [6.07, 6.45) is 2.17. The first-order valence-corrected chi connectivity index (χ1v) is 5.94. The third-order valence-electron chi connectivity index (χ3n) is 2.59. The van der Waals surface area contributed by atoms with E-state index in [1.54, 1.807) is 20.1 Å². The first-order valence-electron chi connectivity index (χ1n) is 5.94. The number of unbranched alkanes of at least 4 members (excludes halogenated alkanes) is 1. The van der Waals surface area contributed by atoms with Gasteiger partial charge in [0, 0.05) is 17.7 Å². The monoisotopic (exact) mass is 236 g/mol.